The van der Waals surface area contributed by atoms with Crippen LogP contribution in [0.2, 0.25) is 0 Å². The van der Waals surface area contributed by atoms with Gasteiger partial charge in [0.2, 0.25) is 0 Å². The van der Waals surface area contributed by atoms with E-state index in [-0.39, 0.29) is 0 Å². The molecule has 0 saturated carbocycles. The Bertz CT molecular complexity index is 220. The van der Waals surface area contributed by atoms with Gasteiger partial charge in [0.1, 0.15) is 0 Å². The first-order valence-electron chi connectivity index (χ1n) is 6.38. The SMILES string of the molecule is CCCCCCCCC(CNC)OP(=O)(O)O. The summed E-state index contributed by atoms with van der Waals surface area (Å²) < 4.78 is 15.4. The van der Waals surface area contributed by atoms with Crippen LogP contribution in [0.25, 0.3) is 0 Å². The maximum absolute atomic E-state index is 10.7. The molecule has 0 aromatic rings. The van der Waals surface area contributed by atoms with E-state index >= 15 is 0 Å². The van der Waals surface area contributed by atoms with E-state index in [1.54, 1.807) is 7.05 Å². The molecule has 0 heterocycles. The van der Waals surface area contributed by atoms with Crippen LogP contribution in [0.1, 0.15) is 51.9 Å². The van der Waals surface area contributed by atoms with Gasteiger partial charge < -0.3 is 15.1 Å². The Kier molecular flexibility index (Phi) is 10.1. The third-order valence-electron chi connectivity index (χ3n) is 2.60. The van der Waals surface area contributed by atoms with Crippen LogP contribution in [0, 0.1) is 0 Å². The summed E-state index contributed by atoms with van der Waals surface area (Å²) >= 11 is 0. The number of likely N-dealkylation sites (N-methyl/N-ethyl adjacent to an activating group) is 1. The van der Waals surface area contributed by atoms with E-state index < -0.39 is 13.9 Å². The molecule has 3 N–H and O–H groups in total. The number of phosphoric ester groups is 1. The zero-order valence-electron chi connectivity index (χ0n) is 10.9. The average molecular weight is 267 g/mol. The molecule has 0 bridgehead atoms. The highest BCUT2D eigenvalue weighted by Gasteiger charge is 2.21. The highest BCUT2D eigenvalue weighted by atomic mass is 31.2. The Morgan fingerprint density at radius 3 is 2.29 bits per heavy atom. The van der Waals surface area contributed by atoms with Gasteiger partial charge in [-0.2, -0.15) is 0 Å². The highest BCUT2D eigenvalue weighted by Crippen LogP contribution is 2.38. The van der Waals surface area contributed by atoms with Crippen molar-refractivity contribution in [3.05, 3.63) is 0 Å². The number of hydrogen-bond acceptors (Lipinski definition) is 3. The molecule has 0 radical (unpaired) electrons. The van der Waals surface area contributed by atoms with Gasteiger partial charge in [0.05, 0.1) is 6.10 Å². The second-order valence-corrected chi connectivity index (χ2v) is 5.52. The number of unbranched alkanes of at least 4 members (excludes halogenated alkanes) is 5. The van der Waals surface area contributed by atoms with Crippen molar-refractivity contribution in [2.45, 2.75) is 58.0 Å². The van der Waals surface area contributed by atoms with Crippen LogP contribution in [0.3, 0.4) is 0 Å². The standard InChI is InChI=1S/C11H26NO4P/c1-3-4-5-6-7-8-9-11(10-12-2)16-17(13,14)15/h11-12H,3-10H2,1-2H3,(H2,13,14,15). The van der Waals surface area contributed by atoms with Crippen molar-refractivity contribution >= 4 is 7.82 Å². The fourth-order valence-corrected chi connectivity index (χ4v) is 2.33. The minimum atomic E-state index is -4.36. The van der Waals surface area contributed by atoms with E-state index in [0.717, 1.165) is 12.8 Å². The number of hydrogen-bond donors (Lipinski definition) is 3. The molecule has 17 heavy (non-hydrogen) atoms. The quantitative estimate of drug-likeness (QED) is 0.396. The van der Waals surface area contributed by atoms with Crippen LogP contribution in [-0.2, 0) is 9.09 Å². The van der Waals surface area contributed by atoms with Gasteiger partial charge in [-0.15, -0.1) is 0 Å². The smallest absolute Gasteiger partial charge is 0.317 e. The van der Waals surface area contributed by atoms with E-state index in [1.165, 1.54) is 25.7 Å². The van der Waals surface area contributed by atoms with Crippen molar-refractivity contribution in [1.82, 2.24) is 5.32 Å². The lowest BCUT2D eigenvalue weighted by Gasteiger charge is -2.17. The second kappa shape index (κ2) is 10.0. The van der Waals surface area contributed by atoms with Gasteiger partial charge >= 0.3 is 7.82 Å². The molecule has 0 aromatic carbocycles. The highest BCUT2D eigenvalue weighted by molar-refractivity contribution is 7.46. The normalized spacial score (nSPS) is 13.9. The molecule has 1 atom stereocenters. The van der Waals surface area contributed by atoms with Crippen molar-refractivity contribution in [2.75, 3.05) is 13.6 Å². The second-order valence-electron chi connectivity index (χ2n) is 4.33. The van der Waals surface area contributed by atoms with Gasteiger partial charge in [-0.3, -0.25) is 4.52 Å². The van der Waals surface area contributed by atoms with Gasteiger partial charge in [-0.05, 0) is 13.5 Å². The lowest BCUT2D eigenvalue weighted by Crippen LogP contribution is -2.25. The van der Waals surface area contributed by atoms with Crippen molar-refractivity contribution in [3.63, 3.8) is 0 Å². The van der Waals surface area contributed by atoms with Crippen LogP contribution < -0.4 is 5.32 Å². The summed E-state index contributed by atoms with van der Waals surface area (Å²) in [4.78, 5) is 17.5. The molecule has 0 saturated heterocycles. The van der Waals surface area contributed by atoms with E-state index in [4.69, 9.17) is 14.3 Å². The monoisotopic (exact) mass is 267 g/mol. The molecule has 0 rings (SSSR count). The van der Waals surface area contributed by atoms with E-state index in [0.29, 0.717) is 13.0 Å². The van der Waals surface area contributed by atoms with Gasteiger partial charge in [-0.25, -0.2) is 4.57 Å². The van der Waals surface area contributed by atoms with E-state index in [1.807, 2.05) is 0 Å². The Balaban J connectivity index is 3.66. The summed E-state index contributed by atoms with van der Waals surface area (Å²) in [6, 6.07) is 0. The third kappa shape index (κ3) is 12.3. The van der Waals surface area contributed by atoms with Crippen LogP contribution in [-0.4, -0.2) is 29.5 Å². The van der Waals surface area contributed by atoms with Crippen molar-refractivity contribution in [1.29, 1.82) is 0 Å². The summed E-state index contributed by atoms with van der Waals surface area (Å²) in [5.41, 5.74) is 0. The van der Waals surface area contributed by atoms with Gasteiger partial charge in [0.15, 0.2) is 0 Å². The molecule has 0 aromatic heterocycles. The Hall–Kier alpha value is 0.0700. The summed E-state index contributed by atoms with van der Waals surface area (Å²) in [6.07, 6.45) is 7.27. The number of phosphoric acid groups is 1. The predicted molar refractivity (Wildman–Crippen MR) is 68.8 cm³/mol. The van der Waals surface area contributed by atoms with Crippen LogP contribution in [0.4, 0.5) is 0 Å². The van der Waals surface area contributed by atoms with Crippen LogP contribution in [0.15, 0.2) is 0 Å². The third-order valence-corrected chi connectivity index (χ3v) is 3.17. The van der Waals surface area contributed by atoms with Gasteiger partial charge in [-0.1, -0.05) is 45.4 Å². The molecular formula is C11H26NO4P. The summed E-state index contributed by atoms with van der Waals surface area (Å²) in [6.45, 7) is 2.65. The lowest BCUT2D eigenvalue weighted by atomic mass is 10.1. The number of nitrogens with one attached hydrogen (secondary N) is 1. The molecule has 0 fully saturated rings. The molecule has 0 amide bonds. The van der Waals surface area contributed by atoms with Crippen molar-refractivity contribution in [3.8, 4) is 0 Å². The first kappa shape index (κ1) is 17.1. The molecular weight excluding hydrogens is 241 g/mol. The molecule has 0 spiro atoms. The molecule has 6 heteroatoms. The summed E-state index contributed by atoms with van der Waals surface area (Å²) in [5, 5.41) is 2.88. The first-order chi connectivity index (χ1) is 7.99. The van der Waals surface area contributed by atoms with E-state index in [2.05, 4.69) is 12.2 Å². The Morgan fingerprint density at radius 2 is 1.76 bits per heavy atom. The molecule has 0 aliphatic rings. The van der Waals surface area contributed by atoms with Gasteiger partial charge in [0.25, 0.3) is 0 Å². The fraction of sp³-hybridized carbons (Fsp3) is 1.00. The fourth-order valence-electron chi connectivity index (χ4n) is 1.77. The van der Waals surface area contributed by atoms with Gasteiger partial charge in [0, 0.05) is 6.54 Å². The minimum absolute atomic E-state index is 0.396. The van der Waals surface area contributed by atoms with Crippen molar-refractivity contribution < 1.29 is 18.9 Å². The largest absolute Gasteiger partial charge is 0.469 e. The summed E-state index contributed by atoms with van der Waals surface area (Å²) in [5.74, 6) is 0. The first-order valence-corrected chi connectivity index (χ1v) is 7.91. The Labute approximate surface area is 104 Å². The summed E-state index contributed by atoms with van der Waals surface area (Å²) in [7, 11) is -2.61. The Morgan fingerprint density at radius 1 is 1.18 bits per heavy atom. The molecule has 1 unspecified atom stereocenters. The lowest BCUT2D eigenvalue weighted by molar-refractivity contribution is 0.124. The average Bonchev–Trinajstić information content (AvgIpc) is 2.21. The van der Waals surface area contributed by atoms with Crippen molar-refractivity contribution in [2.24, 2.45) is 0 Å². The predicted octanol–water partition coefficient (Wildman–Crippen LogP) is 2.43. The van der Waals surface area contributed by atoms with E-state index in [9.17, 15) is 4.57 Å². The van der Waals surface area contributed by atoms with Crippen LogP contribution >= 0.6 is 7.82 Å². The maximum Gasteiger partial charge on any atom is 0.469 e. The molecule has 0 aliphatic heterocycles. The minimum Gasteiger partial charge on any atom is -0.317 e. The molecule has 104 valence electrons. The van der Waals surface area contributed by atoms with Crippen LogP contribution in [0.5, 0.6) is 0 Å². The molecule has 0 aliphatic carbocycles. The number of rotatable bonds is 11. The molecule has 5 nitrogen and oxygen atoms in total. The zero-order valence-corrected chi connectivity index (χ0v) is 11.8. The zero-order chi connectivity index (χ0) is 13.1. The topological polar surface area (TPSA) is 78.8 Å². The maximum atomic E-state index is 10.7.